The summed E-state index contributed by atoms with van der Waals surface area (Å²) < 4.78 is 10.8. The van der Waals surface area contributed by atoms with Gasteiger partial charge in [-0.05, 0) is 60.9 Å². The van der Waals surface area contributed by atoms with Crippen LogP contribution in [0, 0.1) is 6.92 Å². The number of methoxy groups -OCH3 is 2. The van der Waals surface area contributed by atoms with E-state index in [4.69, 9.17) is 9.47 Å². The second-order valence-electron chi connectivity index (χ2n) is 10.3. The van der Waals surface area contributed by atoms with Gasteiger partial charge in [-0.25, -0.2) is 0 Å². The number of unbranched alkanes of at least 4 members (excludes halogenated alkanes) is 7. The van der Waals surface area contributed by atoms with Crippen molar-refractivity contribution in [3.8, 4) is 11.5 Å². The fourth-order valence-corrected chi connectivity index (χ4v) is 5.55. The standard InChI is InChI=1S/C32H50N2O4S/c1-6-8-10-11-12-13-14-15-31(35)33(20-9-7-2)25-32(36)34(24-30-26(3)19-22-39-30)21-18-27-16-17-28(37-4)29(23-27)38-5/h16-17,19,22-23H,6-15,18,20-21,24-25H2,1-5H3. The summed E-state index contributed by atoms with van der Waals surface area (Å²) in [5.41, 5.74) is 2.27. The summed E-state index contributed by atoms with van der Waals surface area (Å²) in [4.78, 5) is 31.7. The molecule has 1 aromatic heterocycles. The molecule has 0 aliphatic carbocycles. The van der Waals surface area contributed by atoms with Crippen molar-refractivity contribution in [1.29, 1.82) is 0 Å². The minimum atomic E-state index is 0.00675. The molecule has 0 spiro atoms. The molecule has 0 bridgehead atoms. The Morgan fingerprint density at radius 3 is 2.13 bits per heavy atom. The van der Waals surface area contributed by atoms with E-state index in [1.54, 1.807) is 30.5 Å². The number of hydrogen-bond acceptors (Lipinski definition) is 5. The summed E-state index contributed by atoms with van der Waals surface area (Å²) in [5, 5.41) is 2.07. The van der Waals surface area contributed by atoms with E-state index in [0.717, 1.165) is 31.2 Å². The molecule has 2 aromatic rings. The van der Waals surface area contributed by atoms with Crippen molar-refractivity contribution in [3.63, 3.8) is 0 Å². The van der Waals surface area contributed by atoms with E-state index in [2.05, 4.69) is 32.2 Å². The monoisotopic (exact) mass is 558 g/mol. The molecule has 0 fully saturated rings. The molecule has 6 nitrogen and oxygen atoms in total. The molecule has 39 heavy (non-hydrogen) atoms. The first kappa shape index (κ1) is 32.7. The van der Waals surface area contributed by atoms with Crippen molar-refractivity contribution in [3.05, 3.63) is 45.6 Å². The first-order valence-electron chi connectivity index (χ1n) is 14.7. The second-order valence-corrected chi connectivity index (χ2v) is 11.3. The third kappa shape index (κ3) is 11.6. The molecule has 0 unspecified atom stereocenters. The lowest BCUT2D eigenvalue weighted by Gasteiger charge is -2.28. The van der Waals surface area contributed by atoms with Crippen LogP contribution >= 0.6 is 11.3 Å². The number of aryl methyl sites for hydroxylation is 1. The topological polar surface area (TPSA) is 59.1 Å². The number of benzene rings is 1. The normalized spacial score (nSPS) is 10.9. The number of amides is 2. The summed E-state index contributed by atoms with van der Waals surface area (Å²) in [6.45, 7) is 8.34. The molecule has 0 saturated carbocycles. The quantitative estimate of drug-likeness (QED) is 0.159. The summed E-state index contributed by atoms with van der Waals surface area (Å²) in [6, 6.07) is 7.98. The Balaban J connectivity index is 2.05. The van der Waals surface area contributed by atoms with Crippen molar-refractivity contribution in [1.82, 2.24) is 9.80 Å². The van der Waals surface area contributed by atoms with Crippen LogP contribution in [-0.2, 0) is 22.6 Å². The Bertz CT molecular complexity index is 990. The lowest BCUT2D eigenvalue weighted by atomic mass is 10.1. The molecule has 218 valence electrons. The highest BCUT2D eigenvalue weighted by molar-refractivity contribution is 7.10. The van der Waals surface area contributed by atoms with Crippen molar-refractivity contribution in [2.24, 2.45) is 0 Å². The molecule has 0 N–H and O–H groups in total. The van der Waals surface area contributed by atoms with Gasteiger partial charge in [0.25, 0.3) is 0 Å². The maximum atomic E-state index is 13.7. The molecule has 2 amide bonds. The zero-order chi connectivity index (χ0) is 28.5. The zero-order valence-corrected chi connectivity index (χ0v) is 25.7. The van der Waals surface area contributed by atoms with E-state index in [-0.39, 0.29) is 18.4 Å². The molecule has 0 aliphatic heterocycles. The van der Waals surface area contributed by atoms with Gasteiger partial charge in [0.1, 0.15) is 0 Å². The van der Waals surface area contributed by atoms with Gasteiger partial charge in [0, 0.05) is 24.4 Å². The molecule has 0 atom stereocenters. The van der Waals surface area contributed by atoms with Crippen LogP contribution in [0.3, 0.4) is 0 Å². The summed E-state index contributed by atoms with van der Waals surface area (Å²) >= 11 is 1.68. The maximum absolute atomic E-state index is 13.7. The SMILES string of the molecule is CCCCCCCCCC(=O)N(CCCC)CC(=O)N(CCc1ccc(OC)c(OC)c1)Cc1sccc1C. The zero-order valence-electron chi connectivity index (χ0n) is 24.9. The largest absolute Gasteiger partial charge is 0.493 e. The van der Waals surface area contributed by atoms with Gasteiger partial charge >= 0.3 is 0 Å². The Morgan fingerprint density at radius 2 is 1.49 bits per heavy atom. The predicted octanol–water partition coefficient (Wildman–Crippen LogP) is 7.41. The number of carbonyl (C=O) groups excluding carboxylic acids is 2. The number of ether oxygens (including phenoxy) is 2. The highest BCUT2D eigenvalue weighted by Gasteiger charge is 2.22. The van der Waals surface area contributed by atoms with Crippen LogP contribution in [-0.4, -0.2) is 55.5 Å². The van der Waals surface area contributed by atoms with E-state index in [0.29, 0.717) is 44.0 Å². The molecule has 1 heterocycles. The fourth-order valence-electron chi connectivity index (χ4n) is 4.63. The summed E-state index contributed by atoms with van der Waals surface area (Å²) in [6.07, 6.45) is 11.4. The van der Waals surface area contributed by atoms with Gasteiger partial charge in [-0.3, -0.25) is 9.59 Å². The summed E-state index contributed by atoms with van der Waals surface area (Å²) in [7, 11) is 3.26. The molecule has 2 rings (SSSR count). The second kappa shape index (κ2) is 18.7. The third-order valence-corrected chi connectivity index (χ3v) is 8.24. The molecule has 0 radical (unpaired) electrons. The molecule has 7 heteroatoms. The van der Waals surface area contributed by atoms with Crippen LogP contribution < -0.4 is 9.47 Å². The lowest BCUT2D eigenvalue weighted by molar-refractivity contribution is -0.141. The highest BCUT2D eigenvalue weighted by Crippen LogP contribution is 2.28. The van der Waals surface area contributed by atoms with Crippen LogP contribution in [0.25, 0.3) is 0 Å². The van der Waals surface area contributed by atoms with Crippen molar-refractivity contribution < 1.29 is 19.1 Å². The van der Waals surface area contributed by atoms with Gasteiger partial charge < -0.3 is 19.3 Å². The maximum Gasteiger partial charge on any atom is 0.242 e. The van der Waals surface area contributed by atoms with Gasteiger partial charge in [-0.1, -0.05) is 64.9 Å². The van der Waals surface area contributed by atoms with Gasteiger partial charge in [0.2, 0.25) is 11.8 Å². The van der Waals surface area contributed by atoms with Gasteiger partial charge in [0.05, 0.1) is 27.3 Å². The number of thiophene rings is 1. The molecule has 0 saturated heterocycles. The van der Waals surface area contributed by atoms with Crippen LogP contribution in [0.4, 0.5) is 0 Å². The van der Waals surface area contributed by atoms with Crippen LogP contribution in [0.1, 0.15) is 94.1 Å². The molecule has 0 aliphatic rings. The van der Waals surface area contributed by atoms with E-state index < -0.39 is 0 Å². The number of rotatable bonds is 20. The minimum Gasteiger partial charge on any atom is -0.493 e. The Morgan fingerprint density at radius 1 is 0.795 bits per heavy atom. The Kier molecular flexibility index (Phi) is 15.7. The van der Waals surface area contributed by atoms with Crippen LogP contribution in [0.5, 0.6) is 11.5 Å². The highest BCUT2D eigenvalue weighted by atomic mass is 32.1. The summed E-state index contributed by atoms with van der Waals surface area (Å²) in [5.74, 6) is 1.49. The van der Waals surface area contributed by atoms with E-state index in [9.17, 15) is 9.59 Å². The number of hydrogen-bond donors (Lipinski definition) is 0. The lowest BCUT2D eigenvalue weighted by Crippen LogP contribution is -2.43. The van der Waals surface area contributed by atoms with Crippen molar-refractivity contribution >= 4 is 23.2 Å². The Hall–Kier alpha value is -2.54. The first-order valence-corrected chi connectivity index (χ1v) is 15.6. The first-order chi connectivity index (χ1) is 18.9. The average Bonchev–Trinajstić information content (AvgIpc) is 3.36. The van der Waals surface area contributed by atoms with E-state index in [1.807, 2.05) is 23.1 Å². The van der Waals surface area contributed by atoms with Crippen LogP contribution in [0.2, 0.25) is 0 Å². The smallest absolute Gasteiger partial charge is 0.242 e. The molecular formula is C32H50N2O4S. The molecular weight excluding hydrogens is 508 g/mol. The Labute approximate surface area is 240 Å². The number of nitrogens with zero attached hydrogens (tertiary/aromatic N) is 2. The van der Waals surface area contributed by atoms with Crippen molar-refractivity contribution in [2.75, 3.05) is 33.9 Å². The predicted molar refractivity (Wildman–Crippen MR) is 162 cm³/mol. The van der Waals surface area contributed by atoms with Crippen molar-refractivity contribution in [2.45, 2.75) is 97.9 Å². The van der Waals surface area contributed by atoms with E-state index in [1.165, 1.54) is 42.5 Å². The third-order valence-electron chi connectivity index (χ3n) is 7.23. The fraction of sp³-hybridized carbons (Fsp3) is 0.625. The average molecular weight is 559 g/mol. The number of carbonyl (C=O) groups is 2. The van der Waals surface area contributed by atoms with Gasteiger partial charge in [-0.2, -0.15) is 0 Å². The van der Waals surface area contributed by atoms with E-state index >= 15 is 0 Å². The van der Waals surface area contributed by atoms with Gasteiger partial charge in [0.15, 0.2) is 11.5 Å². The van der Waals surface area contributed by atoms with Crippen LogP contribution in [0.15, 0.2) is 29.6 Å². The van der Waals surface area contributed by atoms with Gasteiger partial charge in [-0.15, -0.1) is 11.3 Å². The minimum absolute atomic E-state index is 0.00675. The molecule has 1 aromatic carbocycles.